The van der Waals surface area contributed by atoms with Crippen LogP contribution in [0.25, 0.3) is 10.9 Å². The molecule has 6 nitrogen and oxygen atoms in total. The molecule has 1 heterocycles. The summed E-state index contributed by atoms with van der Waals surface area (Å²) in [5, 5.41) is 7.95. The Hall–Kier alpha value is -3.28. The van der Waals surface area contributed by atoms with Gasteiger partial charge in [-0.3, -0.25) is 4.79 Å². The second-order valence-electron chi connectivity index (χ2n) is 9.13. The Bertz CT molecular complexity index is 1070. The highest BCUT2D eigenvalue weighted by Crippen LogP contribution is 2.30. The van der Waals surface area contributed by atoms with E-state index < -0.39 is 0 Å². The number of methoxy groups -OCH3 is 1. The third kappa shape index (κ3) is 5.95. The van der Waals surface area contributed by atoms with Crippen LogP contribution in [0.2, 0.25) is 0 Å². The Morgan fingerprint density at radius 1 is 1.06 bits per heavy atom. The number of para-hydroxylation sites is 1. The van der Waals surface area contributed by atoms with E-state index in [-0.39, 0.29) is 5.91 Å². The van der Waals surface area contributed by atoms with E-state index in [4.69, 9.17) is 9.72 Å². The van der Waals surface area contributed by atoms with Crippen LogP contribution in [0.15, 0.2) is 54.6 Å². The highest BCUT2D eigenvalue weighted by atomic mass is 16.5. The highest BCUT2D eigenvalue weighted by Gasteiger charge is 2.22. The summed E-state index contributed by atoms with van der Waals surface area (Å²) in [4.78, 5) is 19.3. The molecule has 0 aliphatic heterocycles. The number of rotatable bonds is 8. The van der Waals surface area contributed by atoms with Crippen molar-refractivity contribution in [1.29, 1.82) is 0 Å². The van der Waals surface area contributed by atoms with E-state index in [0.29, 0.717) is 18.4 Å². The van der Waals surface area contributed by atoms with Gasteiger partial charge in [-0.25, -0.2) is 4.98 Å². The van der Waals surface area contributed by atoms with Crippen molar-refractivity contribution < 1.29 is 9.53 Å². The number of nitrogens with zero attached hydrogens (tertiary/aromatic N) is 2. The number of pyridine rings is 1. The molecule has 0 unspecified atom stereocenters. The monoisotopic (exact) mass is 446 g/mol. The summed E-state index contributed by atoms with van der Waals surface area (Å²) in [6.07, 6.45) is 4.79. The lowest BCUT2D eigenvalue weighted by molar-refractivity contribution is -0.120. The lowest BCUT2D eigenvalue weighted by atomic mass is 9.86. The van der Waals surface area contributed by atoms with Crippen molar-refractivity contribution in [1.82, 2.24) is 10.3 Å². The molecule has 6 heteroatoms. The van der Waals surface area contributed by atoms with E-state index in [1.165, 1.54) is 11.1 Å². The number of hydrogen-bond acceptors (Lipinski definition) is 5. The van der Waals surface area contributed by atoms with Crippen LogP contribution in [-0.2, 0) is 11.2 Å². The zero-order valence-corrected chi connectivity index (χ0v) is 19.8. The summed E-state index contributed by atoms with van der Waals surface area (Å²) >= 11 is 0. The van der Waals surface area contributed by atoms with Gasteiger partial charge in [-0.2, -0.15) is 0 Å². The van der Waals surface area contributed by atoms with E-state index in [9.17, 15) is 4.79 Å². The first kappa shape index (κ1) is 22.9. The topological polar surface area (TPSA) is 66.5 Å². The zero-order chi connectivity index (χ0) is 23.2. The van der Waals surface area contributed by atoms with Crippen LogP contribution in [0.5, 0.6) is 5.75 Å². The van der Waals surface area contributed by atoms with Crippen molar-refractivity contribution in [3.63, 3.8) is 0 Å². The van der Waals surface area contributed by atoms with Crippen LogP contribution < -0.4 is 20.3 Å². The highest BCUT2D eigenvalue weighted by molar-refractivity contribution is 5.93. The van der Waals surface area contributed by atoms with Gasteiger partial charge in [-0.15, -0.1) is 0 Å². The number of benzene rings is 2. The second-order valence-corrected chi connectivity index (χ2v) is 9.13. The minimum Gasteiger partial charge on any atom is -0.497 e. The molecule has 0 radical (unpaired) electrons. The summed E-state index contributed by atoms with van der Waals surface area (Å²) < 4.78 is 5.17. The predicted molar refractivity (Wildman–Crippen MR) is 135 cm³/mol. The van der Waals surface area contributed by atoms with Crippen LogP contribution in [0.3, 0.4) is 0 Å². The lowest BCUT2D eigenvalue weighted by Crippen LogP contribution is -2.34. The molecule has 0 bridgehead atoms. The Labute approximate surface area is 196 Å². The number of amides is 1. The molecule has 1 amide bonds. The summed E-state index contributed by atoms with van der Waals surface area (Å²) in [6, 6.07) is 18.5. The van der Waals surface area contributed by atoms with Crippen molar-refractivity contribution in [2.24, 2.45) is 5.92 Å². The fourth-order valence-electron chi connectivity index (χ4n) is 4.57. The molecule has 4 rings (SSSR count). The van der Waals surface area contributed by atoms with Gasteiger partial charge < -0.3 is 20.3 Å². The average molecular weight is 447 g/mol. The number of aromatic nitrogens is 1. The summed E-state index contributed by atoms with van der Waals surface area (Å²) in [5.74, 6) is 2.36. The standard InChI is InChI=1S/C27H34N4O2/c1-31(2)25-17-26(30-24-7-5-4-6-23(24)25)29-21-12-8-20(9-13-21)18-28-27(32)16-19-10-14-22(33-3)15-11-19/h4-7,10-11,14-15,17,20-21H,8-9,12-13,16,18H2,1-3H3,(H,28,32)(H,29,30)/t20-,21+. The van der Waals surface area contributed by atoms with Crippen molar-refractivity contribution >= 4 is 28.3 Å². The van der Waals surface area contributed by atoms with Gasteiger partial charge in [0, 0.05) is 43.8 Å². The number of carbonyl (C=O) groups is 1. The summed E-state index contributed by atoms with van der Waals surface area (Å²) in [5.41, 5.74) is 3.19. The molecule has 0 atom stereocenters. The van der Waals surface area contributed by atoms with Gasteiger partial charge in [0.1, 0.15) is 11.6 Å². The van der Waals surface area contributed by atoms with Crippen LogP contribution in [0.1, 0.15) is 31.2 Å². The van der Waals surface area contributed by atoms with Gasteiger partial charge in [0.25, 0.3) is 0 Å². The van der Waals surface area contributed by atoms with Crippen molar-refractivity contribution in [2.45, 2.75) is 38.1 Å². The van der Waals surface area contributed by atoms with Gasteiger partial charge in [0.2, 0.25) is 5.91 Å². The Kier molecular flexibility index (Phi) is 7.33. The van der Waals surface area contributed by atoms with Crippen molar-refractivity contribution in [3.05, 3.63) is 60.2 Å². The van der Waals surface area contributed by atoms with E-state index in [1.54, 1.807) is 7.11 Å². The molecule has 1 aliphatic carbocycles. The minimum atomic E-state index is 0.0805. The number of anilines is 2. The Balaban J connectivity index is 1.25. The maximum Gasteiger partial charge on any atom is 0.224 e. The summed E-state index contributed by atoms with van der Waals surface area (Å²) in [6.45, 7) is 0.751. The molecule has 174 valence electrons. The molecule has 0 spiro atoms. The molecular weight excluding hydrogens is 412 g/mol. The maximum absolute atomic E-state index is 12.3. The molecular formula is C27H34N4O2. The molecule has 1 fully saturated rings. The fourth-order valence-corrected chi connectivity index (χ4v) is 4.57. The number of nitrogens with one attached hydrogen (secondary N) is 2. The fraction of sp³-hybridized carbons (Fsp3) is 0.407. The third-order valence-electron chi connectivity index (χ3n) is 6.49. The molecule has 0 saturated heterocycles. The molecule has 2 aromatic carbocycles. The largest absolute Gasteiger partial charge is 0.497 e. The SMILES string of the molecule is COc1ccc(CC(=O)NC[C@H]2CC[C@@H](Nc3cc(N(C)C)c4ccccc4n3)CC2)cc1. The van der Waals surface area contributed by atoms with Crippen molar-refractivity contribution in [2.75, 3.05) is 38.0 Å². The predicted octanol–water partition coefficient (Wildman–Crippen LogP) is 4.64. The van der Waals surface area contributed by atoms with Gasteiger partial charge in [-0.05, 0) is 55.4 Å². The maximum atomic E-state index is 12.3. The molecule has 1 saturated carbocycles. The first-order chi connectivity index (χ1) is 16.0. The number of ether oxygens (including phenoxy) is 1. The minimum absolute atomic E-state index is 0.0805. The summed E-state index contributed by atoms with van der Waals surface area (Å²) in [7, 11) is 5.78. The molecule has 3 aromatic rings. The van der Waals surface area contributed by atoms with Gasteiger partial charge in [0.05, 0.1) is 19.0 Å². The van der Waals surface area contributed by atoms with Gasteiger partial charge >= 0.3 is 0 Å². The van der Waals surface area contributed by atoms with Crippen molar-refractivity contribution in [3.8, 4) is 5.75 Å². The second kappa shape index (κ2) is 10.6. The average Bonchev–Trinajstić information content (AvgIpc) is 2.83. The number of carbonyl (C=O) groups excluding carboxylic acids is 1. The van der Waals surface area contributed by atoms with Gasteiger partial charge in [-0.1, -0.05) is 30.3 Å². The number of fused-ring (bicyclic) bond motifs is 1. The Morgan fingerprint density at radius 3 is 2.48 bits per heavy atom. The molecule has 2 N–H and O–H groups in total. The molecule has 1 aliphatic rings. The van der Waals surface area contributed by atoms with Crippen LogP contribution in [-0.4, -0.2) is 44.7 Å². The van der Waals surface area contributed by atoms with E-state index in [1.807, 2.05) is 30.3 Å². The smallest absolute Gasteiger partial charge is 0.224 e. The third-order valence-corrected chi connectivity index (χ3v) is 6.49. The molecule has 1 aromatic heterocycles. The first-order valence-corrected chi connectivity index (χ1v) is 11.7. The Morgan fingerprint density at radius 2 is 1.79 bits per heavy atom. The lowest BCUT2D eigenvalue weighted by Gasteiger charge is -2.30. The normalized spacial score (nSPS) is 18.0. The zero-order valence-electron chi connectivity index (χ0n) is 19.8. The van der Waals surface area contributed by atoms with Crippen LogP contribution in [0.4, 0.5) is 11.5 Å². The van der Waals surface area contributed by atoms with Crippen LogP contribution >= 0.6 is 0 Å². The quantitative estimate of drug-likeness (QED) is 0.528. The number of hydrogen-bond donors (Lipinski definition) is 2. The van der Waals surface area contributed by atoms with E-state index >= 15 is 0 Å². The van der Waals surface area contributed by atoms with E-state index in [2.05, 4.69) is 53.9 Å². The first-order valence-electron chi connectivity index (χ1n) is 11.7. The molecule has 33 heavy (non-hydrogen) atoms. The van der Waals surface area contributed by atoms with Gasteiger partial charge in [0.15, 0.2) is 0 Å². The van der Waals surface area contributed by atoms with E-state index in [0.717, 1.165) is 54.9 Å². The van der Waals surface area contributed by atoms with Crippen LogP contribution in [0, 0.1) is 5.92 Å².